The molecule has 0 spiro atoms. The van der Waals surface area contributed by atoms with Gasteiger partial charge < -0.3 is 4.42 Å². The van der Waals surface area contributed by atoms with E-state index in [4.69, 9.17) is 4.42 Å². The molecule has 5 heteroatoms. The molecule has 0 saturated carbocycles. The summed E-state index contributed by atoms with van der Waals surface area (Å²) in [6.07, 6.45) is 1.42. The molecule has 2 aromatic rings. The van der Waals surface area contributed by atoms with Crippen LogP contribution in [0.1, 0.15) is 36.9 Å². The molecule has 1 aromatic heterocycles. The molecule has 1 heterocycles. The standard InChI is InChI=1S/C14H17NO3S/c1-10(2)14-15-12(8-18-14)9-19(16,17)13-6-4-5-11(3)7-13/h4-8,10H,9H2,1-3H3. The first kappa shape index (κ1) is 13.8. The van der Waals surface area contributed by atoms with E-state index in [-0.39, 0.29) is 11.7 Å². The van der Waals surface area contributed by atoms with E-state index >= 15 is 0 Å². The number of hydrogen-bond donors (Lipinski definition) is 0. The summed E-state index contributed by atoms with van der Waals surface area (Å²) in [7, 11) is -3.37. The number of nitrogens with zero attached hydrogens (tertiary/aromatic N) is 1. The molecule has 19 heavy (non-hydrogen) atoms. The van der Waals surface area contributed by atoms with Gasteiger partial charge in [-0.1, -0.05) is 26.0 Å². The first-order chi connectivity index (χ1) is 8.88. The third-order valence-electron chi connectivity index (χ3n) is 2.75. The van der Waals surface area contributed by atoms with Crippen LogP contribution in [0.25, 0.3) is 0 Å². The van der Waals surface area contributed by atoms with Gasteiger partial charge in [0.25, 0.3) is 0 Å². The average molecular weight is 279 g/mol. The third kappa shape index (κ3) is 3.23. The van der Waals surface area contributed by atoms with Gasteiger partial charge in [0, 0.05) is 5.92 Å². The molecule has 0 N–H and O–H groups in total. The minimum atomic E-state index is -3.37. The Labute approximate surface area is 113 Å². The second-order valence-electron chi connectivity index (χ2n) is 4.91. The SMILES string of the molecule is Cc1cccc(S(=O)(=O)Cc2coc(C(C)C)n2)c1. The second kappa shape index (κ2) is 5.17. The highest BCUT2D eigenvalue weighted by Gasteiger charge is 2.18. The lowest BCUT2D eigenvalue weighted by atomic mass is 10.2. The van der Waals surface area contributed by atoms with Gasteiger partial charge in [0.05, 0.1) is 10.6 Å². The monoisotopic (exact) mass is 279 g/mol. The zero-order valence-corrected chi connectivity index (χ0v) is 12.1. The fourth-order valence-electron chi connectivity index (χ4n) is 1.74. The van der Waals surface area contributed by atoms with Gasteiger partial charge >= 0.3 is 0 Å². The fraction of sp³-hybridized carbons (Fsp3) is 0.357. The van der Waals surface area contributed by atoms with E-state index < -0.39 is 9.84 Å². The van der Waals surface area contributed by atoms with Crippen LogP contribution in [0.4, 0.5) is 0 Å². The van der Waals surface area contributed by atoms with Crippen LogP contribution in [0.2, 0.25) is 0 Å². The summed E-state index contributed by atoms with van der Waals surface area (Å²) in [6.45, 7) is 5.77. The van der Waals surface area contributed by atoms with E-state index in [0.29, 0.717) is 16.5 Å². The minimum absolute atomic E-state index is 0.132. The lowest BCUT2D eigenvalue weighted by Gasteiger charge is -2.03. The molecule has 0 radical (unpaired) electrons. The topological polar surface area (TPSA) is 60.2 Å². The van der Waals surface area contributed by atoms with Crippen molar-refractivity contribution in [1.82, 2.24) is 4.98 Å². The summed E-state index contributed by atoms with van der Waals surface area (Å²) in [4.78, 5) is 4.52. The molecule has 2 rings (SSSR count). The molecule has 102 valence electrons. The van der Waals surface area contributed by atoms with Crippen molar-refractivity contribution in [3.63, 3.8) is 0 Å². The predicted molar refractivity (Wildman–Crippen MR) is 72.7 cm³/mol. The van der Waals surface area contributed by atoms with E-state index in [0.717, 1.165) is 5.56 Å². The summed E-state index contributed by atoms with van der Waals surface area (Å²) in [5.41, 5.74) is 1.37. The molecular weight excluding hydrogens is 262 g/mol. The van der Waals surface area contributed by atoms with Gasteiger partial charge in [-0.25, -0.2) is 13.4 Å². The van der Waals surface area contributed by atoms with Gasteiger partial charge in [-0.2, -0.15) is 0 Å². The number of oxazole rings is 1. The molecule has 0 saturated heterocycles. The molecule has 0 fully saturated rings. The van der Waals surface area contributed by atoms with Crippen LogP contribution in [0.15, 0.2) is 39.8 Å². The van der Waals surface area contributed by atoms with E-state index in [2.05, 4.69) is 4.98 Å². The smallest absolute Gasteiger partial charge is 0.196 e. The summed E-state index contributed by atoms with van der Waals surface area (Å²) in [6, 6.07) is 6.88. The molecule has 0 aliphatic carbocycles. The van der Waals surface area contributed by atoms with Crippen molar-refractivity contribution in [3.8, 4) is 0 Å². The minimum Gasteiger partial charge on any atom is -0.448 e. The van der Waals surface area contributed by atoms with Crippen LogP contribution < -0.4 is 0 Å². The molecule has 0 aliphatic rings. The van der Waals surface area contributed by atoms with Crippen molar-refractivity contribution in [1.29, 1.82) is 0 Å². The van der Waals surface area contributed by atoms with Crippen LogP contribution in [-0.4, -0.2) is 13.4 Å². The fourth-order valence-corrected chi connectivity index (χ4v) is 3.08. The summed E-state index contributed by atoms with van der Waals surface area (Å²) < 4.78 is 29.8. The maximum Gasteiger partial charge on any atom is 0.196 e. The van der Waals surface area contributed by atoms with E-state index in [1.165, 1.54) is 6.26 Å². The Balaban J connectivity index is 2.26. The first-order valence-corrected chi connectivity index (χ1v) is 7.77. The van der Waals surface area contributed by atoms with Crippen LogP contribution in [-0.2, 0) is 15.6 Å². The van der Waals surface area contributed by atoms with Crippen molar-refractivity contribution in [2.75, 3.05) is 0 Å². The number of hydrogen-bond acceptors (Lipinski definition) is 4. The summed E-state index contributed by atoms with van der Waals surface area (Å²) >= 11 is 0. The van der Waals surface area contributed by atoms with Gasteiger partial charge in [0.15, 0.2) is 15.7 Å². The lowest BCUT2D eigenvalue weighted by Crippen LogP contribution is -2.05. The number of aromatic nitrogens is 1. The highest BCUT2D eigenvalue weighted by molar-refractivity contribution is 7.90. The molecule has 0 bridgehead atoms. The lowest BCUT2D eigenvalue weighted by molar-refractivity contribution is 0.470. The normalized spacial score (nSPS) is 12.0. The van der Waals surface area contributed by atoms with Crippen molar-refractivity contribution >= 4 is 9.84 Å². The molecular formula is C14H17NO3S. The van der Waals surface area contributed by atoms with E-state index in [1.807, 2.05) is 26.8 Å². The van der Waals surface area contributed by atoms with Crippen molar-refractivity contribution in [2.24, 2.45) is 0 Å². The maximum atomic E-state index is 12.3. The maximum absolute atomic E-state index is 12.3. The van der Waals surface area contributed by atoms with Gasteiger partial charge in [0.1, 0.15) is 12.0 Å². The Morgan fingerprint density at radius 2 is 2.05 bits per heavy atom. The molecule has 0 atom stereocenters. The highest BCUT2D eigenvalue weighted by atomic mass is 32.2. The van der Waals surface area contributed by atoms with Crippen molar-refractivity contribution < 1.29 is 12.8 Å². The second-order valence-corrected chi connectivity index (χ2v) is 6.90. The summed E-state index contributed by atoms with van der Waals surface area (Å²) in [5, 5.41) is 0. The van der Waals surface area contributed by atoms with E-state index in [1.54, 1.807) is 18.2 Å². The predicted octanol–water partition coefficient (Wildman–Crippen LogP) is 3.08. The highest BCUT2D eigenvalue weighted by Crippen LogP contribution is 2.19. The number of benzene rings is 1. The van der Waals surface area contributed by atoms with Crippen molar-refractivity contribution in [3.05, 3.63) is 47.7 Å². The first-order valence-electron chi connectivity index (χ1n) is 6.12. The van der Waals surface area contributed by atoms with Crippen LogP contribution >= 0.6 is 0 Å². The molecule has 0 aliphatic heterocycles. The van der Waals surface area contributed by atoms with Gasteiger partial charge in [-0.3, -0.25) is 0 Å². The number of aryl methyl sites for hydroxylation is 1. The Hall–Kier alpha value is -1.62. The Morgan fingerprint density at radius 1 is 1.32 bits per heavy atom. The Kier molecular flexibility index (Phi) is 3.75. The van der Waals surface area contributed by atoms with Gasteiger partial charge in [0.2, 0.25) is 0 Å². The van der Waals surface area contributed by atoms with Crippen LogP contribution in [0.5, 0.6) is 0 Å². The van der Waals surface area contributed by atoms with Crippen LogP contribution in [0, 0.1) is 6.92 Å². The molecule has 1 aromatic carbocycles. The zero-order chi connectivity index (χ0) is 14.0. The van der Waals surface area contributed by atoms with Gasteiger partial charge in [-0.15, -0.1) is 0 Å². The largest absolute Gasteiger partial charge is 0.448 e. The van der Waals surface area contributed by atoms with Gasteiger partial charge in [-0.05, 0) is 24.6 Å². The molecule has 0 amide bonds. The molecule has 0 unspecified atom stereocenters. The summed E-state index contributed by atoms with van der Waals surface area (Å²) in [5.74, 6) is 0.581. The molecule has 4 nitrogen and oxygen atoms in total. The quantitative estimate of drug-likeness (QED) is 0.863. The average Bonchev–Trinajstić information content (AvgIpc) is 2.77. The zero-order valence-electron chi connectivity index (χ0n) is 11.3. The number of sulfone groups is 1. The van der Waals surface area contributed by atoms with Crippen molar-refractivity contribution in [2.45, 2.75) is 37.3 Å². The third-order valence-corrected chi connectivity index (χ3v) is 4.40. The van der Waals surface area contributed by atoms with E-state index in [9.17, 15) is 8.42 Å². The Bertz CT molecular complexity index is 672. The van der Waals surface area contributed by atoms with Crippen LogP contribution in [0.3, 0.4) is 0 Å². The Morgan fingerprint density at radius 3 is 2.63 bits per heavy atom. The number of rotatable bonds is 4.